The number of hydrogen-bond donors (Lipinski definition) is 1. The molecule has 1 aliphatic heterocycles. The van der Waals surface area contributed by atoms with Gasteiger partial charge >= 0.3 is 0 Å². The van der Waals surface area contributed by atoms with Gasteiger partial charge in [-0.05, 0) is 12.1 Å². The molecule has 1 aliphatic rings. The number of amides is 1. The molecular weight excluding hydrogens is 276 g/mol. The van der Waals surface area contributed by atoms with Crippen molar-refractivity contribution in [1.82, 2.24) is 9.88 Å². The molecule has 0 bridgehead atoms. The minimum Gasteiger partial charge on any atom is -0.459 e. The lowest BCUT2D eigenvalue weighted by Crippen LogP contribution is -2.30. The van der Waals surface area contributed by atoms with Crippen LogP contribution in [0.15, 0.2) is 22.8 Å². The van der Waals surface area contributed by atoms with E-state index in [1.165, 1.54) is 17.6 Å². The Bertz CT molecular complexity index is 656. The van der Waals surface area contributed by atoms with Crippen LogP contribution in [0.1, 0.15) is 21.1 Å². The first-order valence-corrected chi connectivity index (χ1v) is 7.00. The number of nitrogens with one attached hydrogen (secondary N) is 1. The zero-order valence-electron chi connectivity index (χ0n) is 10.6. The van der Waals surface area contributed by atoms with Gasteiger partial charge in [0.25, 0.3) is 5.91 Å². The van der Waals surface area contributed by atoms with E-state index in [1.54, 1.807) is 12.1 Å². The van der Waals surface area contributed by atoms with E-state index < -0.39 is 0 Å². The van der Waals surface area contributed by atoms with Gasteiger partial charge in [0.05, 0.1) is 24.6 Å². The van der Waals surface area contributed by atoms with Crippen molar-refractivity contribution in [2.45, 2.75) is 13.0 Å². The van der Waals surface area contributed by atoms with Gasteiger partial charge in [-0.25, -0.2) is 4.98 Å². The highest BCUT2D eigenvalue weighted by molar-refractivity contribution is 7.15. The van der Waals surface area contributed by atoms with Crippen molar-refractivity contribution in [3.63, 3.8) is 0 Å². The van der Waals surface area contributed by atoms with Gasteiger partial charge < -0.3 is 4.42 Å². The minimum absolute atomic E-state index is 0.268. The predicted octanol–water partition coefficient (Wildman–Crippen LogP) is 1.87. The van der Waals surface area contributed by atoms with Gasteiger partial charge in [0, 0.05) is 24.4 Å². The Kier molecular flexibility index (Phi) is 3.50. The Balaban J connectivity index is 1.71. The van der Waals surface area contributed by atoms with Crippen LogP contribution in [0.4, 0.5) is 5.13 Å². The van der Waals surface area contributed by atoms with Crippen molar-refractivity contribution in [1.29, 1.82) is 5.26 Å². The molecule has 0 aromatic carbocycles. The topological polar surface area (TPSA) is 82.2 Å². The van der Waals surface area contributed by atoms with Gasteiger partial charge in [0.15, 0.2) is 10.9 Å². The van der Waals surface area contributed by atoms with Crippen LogP contribution in [0.5, 0.6) is 0 Å². The number of nitriles is 1. The van der Waals surface area contributed by atoms with Gasteiger partial charge in [-0.1, -0.05) is 0 Å². The molecule has 6 nitrogen and oxygen atoms in total. The number of fused-ring (bicyclic) bond motifs is 1. The van der Waals surface area contributed by atoms with Crippen molar-refractivity contribution in [2.24, 2.45) is 0 Å². The summed E-state index contributed by atoms with van der Waals surface area (Å²) in [5.74, 6) is -0.0285. The summed E-state index contributed by atoms with van der Waals surface area (Å²) in [5, 5.41) is 12.0. The number of carbonyl (C=O) groups excluding carboxylic acids is 1. The third-order valence-corrected chi connectivity index (χ3v) is 4.07. The molecule has 1 amide bonds. The van der Waals surface area contributed by atoms with Crippen molar-refractivity contribution < 1.29 is 9.21 Å². The fraction of sp³-hybridized carbons (Fsp3) is 0.308. The molecule has 20 heavy (non-hydrogen) atoms. The van der Waals surface area contributed by atoms with Crippen LogP contribution >= 0.6 is 11.3 Å². The molecule has 2 aromatic heterocycles. The van der Waals surface area contributed by atoms with Crippen molar-refractivity contribution in [3.05, 3.63) is 34.7 Å². The molecule has 0 spiro atoms. The monoisotopic (exact) mass is 288 g/mol. The second-order valence-electron chi connectivity index (χ2n) is 4.44. The molecule has 3 heterocycles. The predicted molar refractivity (Wildman–Crippen MR) is 73.4 cm³/mol. The highest BCUT2D eigenvalue weighted by Gasteiger charge is 2.21. The third-order valence-electron chi connectivity index (χ3n) is 3.07. The molecule has 0 radical (unpaired) electrons. The Morgan fingerprint density at radius 2 is 2.55 bits per heavy atom. The quantitative estimate of drug-likeness (QED) is 0.872. The number of anilines is 1. The molecule has 3 rings (SSSR count). The summed E-state index contributed by atoms with van der Waals surface area (Å²) in [4.78, 5) is 19.5. The zero-order valence-corrected chi connectivity index (χ0v) is 11.4. The number of rotatable bonds is 3. The number of carbonyl (C=O) groups is 1. The SMILES string of the molecule is N#CCN1CCc2nc(NC(=O)c3ccco3)sc2C1. The van der Waals surface area contributed by atoms with E-state index in [0.717, 1.165) is 30.1 Å². The van der Waals surface area contributed by atoms with Crippen LogP contribution in [0, 0.1) is 11.3 Å². The van der Waals surface area contributed by atoms with Gasteiger partial charge in [-0.3, -0.25) is 15.0 Å². The highest BCUT2D eigenvalue weighted by Crippen LogP contribution is 2.28. The van der Waals surface area contributed by atoms with Gasteiger partial charge in [0.1, 0.15) is 0 Å². The van der Waals surface area contributed by atoms with Gasteiger partial charge in [-0.2, -0.15) is 5.26 Å². The van der Waals surface area contributed by atoms with E-state index in [9.17, 15) is 4.79 Å². The lowest BCUT2D eigenvalue weighted by Gasteiger charge is -2.22. The van der Waals surface area contributed by atoms with Crippen molar-refractivity contribution in [2.75, 3.05) is 18.4 Å². The number of aromatic nitrogens is 1. The fourth-order valence-corrected chi connectivity index (χ4v) is 3.15. The minimum atomic E-state index is -0.296. The lowest BCUT2D eigenvalue weighted by molar-refractivity contribution is 0.0996. The van der Waals surface area contributed by atoms with Gasteiger partial charge in [-0.15, -0.1) is 11.3 Å². The summed E-state index contributed by atoms with van der Waals surface area (Å²) in [6.45, 7) is 1.97. The van der Waals surface area contributed by atoms with E-state index in [-0.39, 0.29) is 11.7 Å². The summed E-state index contributed by atoms with van der Waals surface area (Å²) in [6.07, 6.45) is 2.27. The van der Waals surface area contributed by atoms with Gasteiger partial charge in [0.2, 0.25) is 0 Å². The number of thiazole rings is 1. The van der Waals surface area contributed by atoms with Crippen LogP contribution in [0.2, 0.25) is 0 Å². The first-order valence-electron chi connectivity index (χ1n) is 6.19. The van der Waals surface area contributed by atoms with E-state index >= 15 is 0 Å². The average molecular weight is 288 g/mol. The van der Waals surface area contributed by atoms with Crippen molar-refractivity contribution in [3.8, 4) is 6.07 Å². The maximum Gasteiger partial charge on any atom is 0.293 e. The summed E-state index contributed by atoms with van der Waals surface area (Å²) in [7, 11) is 0. The molecule has 1 N–H and O–H groups in total. The Morgan fingerprint density at radius 1 is 1.65 bits per heavy atom. The second-order valence-corrected chi connectivity index (χ2v) is 5.52. The number of hydrogen-bond acceptors (Lipinski definition) is 6. The number of furan rings is 1. The van der Waals surface area contributed by atoms with E-state index in [4.69, 9.17) is 9.68 Å². The molecule has 0 atom stereocenters. The van der Waals surface area contributed by atoms with Crippen LogP contribution in [-0.2, 0) is 13.0 Å². The molecule has 7 heteroatoms. The summed E-state index contributed by atoms with van der Waals surface area (Å²) >= 11 is 1.45. The Labute approximate surface area is 119 Å². The molecule has 2 aromatic rings. The largest absolute Gasteiger partial charge is 0.459 e. The standard InChI is InChI=1S/C13H12N4O2S/c14-4-6-17-5-3-9-11(8-17)20-13(15-9)16-12(18)10-2-1-7-19-10/h1-2,7H,3,5-6,8H2,(H,15,16,18). The van der Waals surface area contributed by atoms with Crippen LogP contribution in [0.3, 0.4) is 0 Å². The molecule has 0 aliphatic carbocycles. The molecule has 0 fully saturated rings. The Hall–Kier alpha value is -2.17. The average Bonchev–Trinajstić information content (AvgIpc) is 3.06. The van der Waals surface area contributed by atoms with Crippen LogP contribution in [-0.4, -0.2) is 28.9 Å². The normalized spacial score (nSPS) is 14.6. The lowest BCUT2D eigenvalue weighted by atomic mass is 10.2. The van der Waals surface area contributed by atoms with E-state index in [1.807, 2.05) is 0 Å². The number of nitrogens with zero attached hydrogens (tertiary/aromatic N) is 3. The summed E-state index contributed by atoms with van der Waals surface area (Å²) in [5.41, 5.74) is 1.01. The molecule has 0 unspecified atom stereocenters. The molecule has 0 saturated carbocycles. The van der Waals surface area contributed by atoms with E-state index in [2.05, 4.69) is 21.3 Å². The first kappa shape index (κ1) is 12.8. The zero-order chi connectivity index (χ0) is 13.9. The maximum atomic E-state index is 11.9. The fourth-order valence-electron chi connectivity index (χ4n) is 2.10. The highest BCUT2D eigenvalue weighted by atomic mass is 32.1. The summed E-state index contributed by atoms with van der Waals surface area (Å²) < 4.78 is 5.04. The Morgan fingerprint density at radius 3 is 3.30 bits per heavy atom. The molecule has 0 saturated heterocycles. The molecular formula is C13H12N4O2S. The second kappa shape index (κ2) is 5.45. The van der Waals surface area contributed by atoms with Crippen LogP contribution < -0.4 is 5.32 Å². The summed E-state index contributed by atoms with van der Waals surface area (Å²) in [6, 6.07) is 5.43. The first-order chi connectivity index (χ1) is 9.76. The van der Waals surface area contributed by atoms with E-state index in [0.29, 0.717) is 11.7 Å². The smallest absolute Gasteiger partial charge is 0.293 e. The van der Waals surface area contributed by atoms with Crippen LogP contribution in [0.25, 0.3) is 0 Å². The third kappa shape index (κ3) is 2.57. The van der Waals surface area contributed by atoms with Crippen molar-refractivity contribution >= 4 is 22.4 Å². The maximum absolute atomic E-state index is 11.9. The molecule has 102 valence electrons.